The van der Waals surface area contributed by atoms with Crippen molar-refractivity contribution in [3.05, 3.63) is 126 Å². The molecule has 0 aliphatic carbocycles. The Morgan fingerprint density at radius 3 is 1.64 bits per heavy atom. The van der Waals surface area contributed by atoms with Gasteiger partial charge in [0, 0.05) is 61.6 Å². The first-order chi connectivity index (χ1) is 22.1. The van der Waals surface area contributed by atoms with Gasteiger partial charge in [-0.3, -0.25) is 20.2 Å². The molecule has 0 aliphatic heterocycles. The van der Waals surface area contributed by atoms with E-state index < -0.39 is 0 Å². The average Bonchev–Trinajstić information content (AvgIpc) is 3.87. The summed E-state index contributed by atoms with van der Waals surface area (Å²) in [5.74, 6) is 2.81. The van der Waals surface area contributed by atoms with Gasteiger partial charge in [-0.15, -0.1) is 11.3 Å². The summed E-state index contributed by atoms with van der Waals surface area (Å²) in [5.41, 5.74) is 2.23. The normalized spacial score (nSPS) is 10.3. The number of carbonyl (C=O) groups excluding carboxylic acids is 2. The van der Waals surface area contributed by atoms with Crippen molar-refractivity contribution in [1.82, 2.24) is 34.9 Å². The van der Waals surface area contributed by atoms with E-state index in [0.29, 0.717) is 16.6 Å². The maximum absolute atomic E-state index is 11.7. The molecule has 0 radical (unpaired) electrons. The molecule has 2 amide bonds. The molecule has 4 N–H and O–H groups in total. The van der Waals surface area contributed by atoms with Gasteiger partial charge in [-0.25, -0.2) is 24.9 Å². The number of H-pyrrole nitrogens is 2. The lowest BCUT2D eigenvalue weighted by atomic mass is 10.1. The maximum Gasteiger partial charge on any atom is 0.264 e. The van der Waals surface area contributed by atoms with Gasteiger partial charge in [0.25, 0.3) is 11.8 Å². The highest BCUT2D eigenvalue weighted by Gasteiger charge is 2.07. The highest BCUT2D eigenvalue weighted by molar-refractivity contribution is 7.13. The number of nitrogens with one attached hydrogen (secondary N) is 4. The fraction of sp³-hybridized carbons (Fsp3) is 0.129. The first-order valence-corrected chi connectivity index (χ1v) is 14.6. The standard InChI is InChI=1S/C16H15N5O2.C15H14N4O2S/c22-15(21-16-19-6-1-7-20-16)11-23-13-4-2-12(3-5-13)10-14-17-8-9-18-14;20-14(19-15-18-7-8-22-15)10-21-12-3-1-11(2-4-12)9-13-16-5-6-17-13/h1-9H,10-11H2,(H,17,18)(H,19,20,21,22);1-8H,9-10H2,(H,16,17)(H,18,19,20). The molecular weight excluding hydrogens is 594 g/mol. The van der Waals surface area contributed by atoms with Crippen LogP contribution in [0.15, 0.2) is 103 Å². The number of aromatic amines is 2. The number of carbonyl (C=O) groups is 2. The van der Waals surface area contributed by atoms with Crippen LogP contribution in [0.5, 0.6) is 11.5 Å². The summed E-state index contributed by atoms with van der Waals surface area (Å²) in [6.07, 6.45) is 13.3. The molecule has 14 heteroatoms. The van der Waals surface area contributed by atoms with Crippen molar-refractivity contribution in [3.63, 3.8) is 0 Å². The van der Waals surface area contributed by atoms with Crippen LogP contribution in [-0.2, 0) is 22.4 Å². The number of hydrogen-bond donors (Lipinski definition) is 4. The van der Waals surface area contributed by atoms with E-state index in [9.17, 15) is 9.59 Å². The minimum absolute atomic E-state index is 0.0445. The van der Waals surface area contributed by atoms with Crippen molar-refractivity contribution < 1.29 is 19.1 Å². The lowest BCUT2D eigenvalue weighted by molar-refractivity contribution is -0.118. The molecular formula is C31H29N9O4S. The van der Waals surface area contributed by atoms with Crippen LogP contribution in [0.2, 0.25) is 0 Å². The summed E-state index contributed by atoms with van der Waals surface area (Å²) in [7, 11) is 0. The summed E-state index contributed by atoms with van der Waals surface area (Å²) >= 11 is 1.37. The molecule has 0 bridgehead atoms. The molecule has 13 nitrogen and oxygen atoms in total. The SMILES string of the molecule is O=C(COc1ccc(Cc2ncc[nH]2)cc1)Nc1ncccn1.O=C(COc1ccc(Cc2ncc[nH]2)cc1)Nc1nccs1. The van der Waals surface area contributed by atoms with E-state index in [-0.39, 0.29) is 31.0 Å². The van der Waals surface area contributed by atoms with Crippen molar-refractivity contribution in [2.45, 2.75) is 12.8 Å². The second-order valence-corrected chi connectivity index (χ2v) is 10.2. The summed E-state index contributed by atoms with van der Waals surface area (Å²) in [5, 5.41) is 7.59. The predicted molar refractivity (Wildman–Crippen MR) is 168 cm³/mol. The Balaban J connectivity index is 0.000000178. The molecule has 0 fully saturated rings. The molecule has 0 saturated carbocycles. The number of benzene rings is 2. The molecule has 2 aromatic carbocycles. The zero-order valence-electron chi connectivity index (χ0n) is 23.9. The van der Waals surface area contributed by atoms with E-state index >= 15 is 0 Å². The maximum atomic E-state index is 11.7. The van der Waals surface area contributed by atoms with Crippen molar-refractivity contribution in [3.8, 4) is 11.5 Å². The Morgan fingerprint density at radius 1 is 0.644 bits per heavy atom. The number of imidazole rings is 2. The van der Waals surface area contributed by atoms with Crippen molar-refractivity contribution >= 4 is 34.2 Å². The molecule has 0 aliphatic rings. The highest BCUT2D eigenvalue weighted by atomic mass is 32.1. The van der Waals surface area contributed by atoms with Crippen LogP contribution in [-0.4, -0.2) is 59.9 Å². The first-order valence-electron chi connectivity index (χ1n) is 13.8. The van der Waals surface area contributed by atoms with Gasteiger partial charge in [0.2, 0.25) is 5.95 Å². The quantitative estimate of drug-likeness (QED) is 0.155. The topological polar surface area (TPSA) is 173 Å². The summed E-state index contributed by atoms with van der Waals surface area (Å²) in [4.78, 5) is 49.7. The number of anilines is 2. The second-order valence-electron chi connectivity index (χ2n) is 9.30. The molecule has 0 unspecified atom stereocenters. The Labute approximate surface area is 262 Å². The largest absolute Gasteiger partial charge is 0.484 e. The first kappa shape index (κ1) is 30.6. The summed E-state index contributed by atoms with van der Waals surface area (Å²) in [6, 6.07) is 16.8. The molecule has 4 aromatic heterocycles. The smallest absolute Gasteiger partial charge is 0.264 e. The number of thiazole rings is 1. The van der Waals surface area contributed by atoms with Crippen LogP contribution in [0.25, 0.3) is 0 Å². The van der Waals surface area contributed by atoms with Crippen LogP contribution < -0.4 is 20.1 Å². The van der Waals surface area contributed by atoms with Gasteiger partial charge in [0.1, 0.15) is 23.1 Å². The number of ether oxygens (including phenoxy) is 2. The number of rotatable bonds is 12. The van der Waals surface area contributed by atoms with Crippen molar-refractivity contribution in [2.75, 3.05) is 23.8 Å². The number of nitrogens with zero attached hydrogens (tertiary/aromatic N) is 5. The zero-order chi connectivity index (χ0) is 31.1. The molecule has 4 heterocycles. The summed E-state index contributed by atoms with van der Waals surface area (Å²) < 4.78 is 10.9. The average molecular weight is 624 g/mol. The number of hydrogen-bond acceptors (Lipinski definition) is 10. The van der Waals surface area contributed by atoms with Crippen LogP contribution >= 0.6 is 11.3 Å². The fourth-order valence-electron chi connectivity index (χ4n) is 3.85. The van der Waals surface area contributed by atoms with Crippen LogP contribution in [0.3, 0.4) is 0 Å². The van der Waals surface area contributed by atoms with Crippen LogP contribution in [0.4, 0.5) is 11.1 Å². The molecule has 0 spiro atoms. The lowest BCUT2D eigenvalue weighted by Crippen LogP contribution is -2.21. The van der Waals surface area contributed by atoms with Crippen molar-refractivity contribution in [2.24, 2.45) is 0 Å². The Hall–Kier alpha value is -5.89. The molecule has 228 valence electrons. The lowest BCUT2D eigenvalue weighted by Gasteiger charge is -2.07. The van der Waals surface area contributed by atoms with E-state index in [2.05, 4.69) is 45.5 Å². The number of amides is 2. The highest BCUT2D eigenvalue weighted by Crippen LogP contribution is 2.16. The third-order valence-corrected chi connectivity index (χ3v) is 6.62. The third kappa shape index (κ3) is 10.4. The Morgan fingerprint density at radius 2 is 1.18 bits per heavy atom. The van der Waals surface area contributed by atoms with E-state index in [1.165, 1.54) is 11.3 Å². The molecule has 0 atom stereocenters. The Kier molecular flexibility index (Phi) is 10.9. The van der Waals surface area contributed by atoms with E-state index in [1.807, 2.05) is 48.5 Å². The Bertz CT molecular complexity index is 1710. The van der Waals surface area contributed by atoms with Gasteiger partial charge >= 0.3 is 0 Å². The van der Waals surface area contributed by atoms with Crippen LogP contribution in [0, 0.1) is 0 Å². The second kappa shape index (κ2) is 16.1. The zero-order valence-corrected chi connectivity index (χ0v) is 24.7. The van der Waals surface area contributed by atoms with Gasteiger partial charge in [0.15, 0.2) is 18.3 Å². The van der Waals surface area contributed by atoms with Gasteiger partial charge in [-0.2, -0.15) is 0 Å². The predicted octanol–water partition coefficient (Wildman–Crippen LogP) is 4.28. The number of aromatic nitrogens is 7. The van der Waals surface area contributed by atoms with Crippen LogP contribution in [0.1, 0.15) is 22.8 Å². The van der Waals surface area contributed by atoms with Gasteiger partial charge < -0.3 is 19.4 Å². The molecule has 6 rings (SSSR count). The van der Waals surface area contributed by atoms with E-state index in [0.717, 1.165) is 35.6 Å². The van der Waals surface area contributed by atoms with E-state index in [1.54, 1.807) is 54.8 Å². The monoisotopic (exact) mass is 623 g/mol. The fourth-order valence-corrected chi connectivity index (χ4v) is 4.39. The third-order valence-electron chi connectivity index (χ3n) is 5.94. The van der Waals surface area contributed by atoms with Gasteiger partial charge in [0.05, 0.1) is 0 Å². The molecule has 6 aromatic rings. The minimum atomic E-state index is -0.309. The molecule has 0 saturated heterocycles. The van der Waals surface area contributed by atoms with Gasteiger partial charge in [-0.05, 0) is 41.5 Å². The minimum Gasteiger partial charge on any atom is -0.484 e. The molecule has 45 heavy (non-hydrogen) atoms. The van der Waals surface area contributed by atoms with Crippen molar-refractivity contribution in [1.29, 1.82) is 0 Å². The van der Waals surface area contributed by atoms with E-state index in [4.69, 9.17) is 9.47 Å². The summed E-state index contributed by atoms with van der Waals surface area (Å²) in [6.45, 7) is -0.146. The van der Waals surface area contributed by atoms with Gasteiger partial charge in [-0.1, -0.05) is 24.3 Å².